The summed E-state index contributed by atoms with van der Waals surface area (Å²) in [4.78, 5) is 36.1. The third kappa shape index (κ3) is 6.63. The third-order valence-electron chi connectivity index (χ3n) is 4.89. The van der Waals surface area contributed by atoms with Crippen molar-refractivity contribution in [2.24, 2.45) is 0 Å². The number of carbonyl (C=O) groups is 3. The lowest BCUT2D eigenvalue weighted by Gasteiger charge is -2.41. The second kappa shape index (κ2) is 11.4. The van der Waals surface area contributed by atoms with E-state index < -0.39 is 42.2 Å². The molecule has 1 N–H and O–H groups in total. The van der Waals surface area contributed by atoms with Crippen LogP contribution in [0.5, 0.6) is 0 Å². The first kappa shape index (κ1) is 23.4. The van der Waals surface area contributed by atoms with Crippen molar-refractivity contribution >= 4 is 17.8 Å². The van der Waals surface area contributed by atoms with E-state index in [9.17, 15) is 14.4 Å². The van der Waals surface area contributed by atoms with E-state index in [1.165, 1.54) is 13.8 Å². The van der Waals surface area contributed by atoms with Gasteiger partial charge in [-0.25, -0.2) is 0 Å². The number of piperidine rings is 1. The smallest absolute Gasteiger partial charge is 0.303 e. The molecule has 170 valence electrons. The van der Waals surface area contributed by atoms with Crippen LogP contribution in [0.4, 0.5) is 0 Å². The molecule has 0 spiro atoms. The van der Waals surface area contributed by atoms with Gasteiger partial charge in [0.2, 0.25) is 6.10 Å². The molecule has 3 rings (SSSR count). The highest BCUT2D eigenvalue weighted by atomic mass is 16.6. The van der Waals surface area contributed by atoms with Crippen LogP contribution < -0.4 is 5.32 Å². The number of benzene rings is 2. The first-order chi connectivity index (χ1) is 15.4. The molecule has 1 aliphatic heterocycles. The second-order valence-corrected chi connectivity index (χ2v) is 7.48. The zero-order chi connectivity index (χ0) is 22.9. The summed E-state index contributed by atoms with van der Waals surface area (Å²) in [6.07, 6.45) is -3.22. The van der Waals surface area contributed by atoms with E-state index in [0.717, 1.165) is 11.1 Å². The Kier molecular flexibility index (Phi) is 8.35. The van der Waals surface area contributed by atoms with Gasteiger partial charge in [-0.3, -0.25) is 14.4 Å². The van der Waals surface area contributed by atoms with Crippen molar-refractivity contribution in [3.63, 3.8) is 0 Å². The van der Waals surface area contributed by atoms with Gasteiger partial charge in [-0.05, 0) is 11.1 Å². The molecule has 1 fully saturated rings. The van der Waals surface area contributed by atoms with E-state index in [0.29, 0.717) is 6.61 Å². The Morgan fingerprint density at radius 1 is 0.812 bits per heavy atom. The SMILES string of the molecule is CC(=O)O[C@H]1[C@@H](OCc2ccccc2)[C@@H](COCc2ccccc2)NC(=O)[C@@H]1OC(C)=O. The molecule has 1 heterocycles. The topological polar surface area (TPSA) is 100 Å². The predicted molar refractivity (Wildman–Crippen MR) is 114 cm³/mol. The summed E-state index contributed by atoms with van der Waals surface area (Å²) in [5.74, 6) is -1.85. The van der Waals surface area contributed by atoms with Crippen molar-refractivity contribution in [3.05, 3.63) is 71.8 Å². The lowest BCUT2D eigenvalue weighted by molar-refractivity contribution is -0.196. The van der Waals surface area contributed by atoms with Crippen LogP contribution in [0.3, 0.4) is 0 Å². The molecule has 8 nitrogen and oxygen atoms in total. The number of esters is 2. The molecular formula is C24H27NO7. The van der Waals surface area contributed by atoms with E-state index in [4.69, 9.17) is 18.9 Å². The molecule has 0 saturated carbocycles. The highest BCUT2D eigenvalue weighted by Gasteiger charge is 2.49. The maximum Gasteiger partial charge on any atom is 0.303 e. The first-order valence-electron chi connectivity index (χ1n) is 10.4. The minimum Gasteiger partial charge on any atom is -0.455 e. The van der Waals surface area contributed by atoms with E-state index >= 15 is 0 Å². The fraction of sp³-hybridized carbons (Fsp3) is 0.375. The summed E-state index contributed by atoms with van der Waals surface area (Å²) in [7, 11) is 0. The van der Waals surface area contributed by atoms with Crippen LogP contribution >= 0.6 is 0 Å². The molecule has 0 radical (unpaired) electrons. The van der Waals surface area contributed by atoms with Crippen molar-refractivity contribution in [1.82, 2.24) is 5.32 Å². The monoisotopic (exact) mass is 441 g/mol. The third-order valence-corrected chi connectivity index (χ3v) is 4.89. The molecule has 8 heteroatoms. The normalized spacial score (nSPS) is 22.6. The lowest BCUT2D eigenvalue weighted by Crippen LogP contribution is -2.66. The van der Waals surface area contributed by atoms with Gasteiger partial charge in [-0.15, -0.1) is 0 Å². The predicted octanol–water partition coefficient (Wildman–Crippen LogP) is 2.15. The van der Waals surface area contributed by atoms with Crippen LogP contribution in [0.15, 0.2) is 60.7 Å². The van der Waals surface area contributed by atoms with E-state index in [1.807, 2.05) is 60.7 Å². The Hall–Kier alpha value is -3.23. The summed E-state index contributed by atoms with van der Waals surface area (Å²) in [6.45, 7) is 3.08. The quantitative estimate of drug-likeness (QED) is 0.595. The van der Waals surface area contributed by atoms with Gasteiger partial charge < -0.3 is 24.3 Å². The fourth-order valence-electron chi connectivity index (χ4n) is 3.51. The molecule has 0 aliphatic carbocycles. The Bertz CT molecular complexity index is 903. The summed E-state index contributed by atoms with van der Waals surface area (Å²) >= 11 is 0. The standard InChI is InChI=1S/C24H27NO7/c1-16(26)31-22-21(30-14-19-11-7-4-8-12-19)20(25-24(28)23(22)32-17(2)27)15-29-13-18-9-5-3-6-10-18/h3-12,20-23H,13-15H2,1-2H3,(H,25,28)/t20-,21+,22+,23-/m1/s1. The molecule has 0 aromatic heterocycles. The molecule has 2 aromatic rings. The molecule has 1 amide bonds. The highest BCUT2D eigenvalue weighted by Crippen LogP contribution is 2.23. The highest BCUT2D eigenvalue weighted by molar-refractivity contribution is 5.86. The minimum atomic E-state index is -1.32. The largest absolute Gasteiger partial charge is 0.455 e. The second-order valence-electron chi connectivity index (χ2n) is 7.48. The number of nitrogens with one attached hydrogen (secondary N) is 1. The van der Waals surface area contributed by atoms with Crippen LogP contribution in [0, 0.1) is 0 Å². The van der Waals surface area contributed by atoms with E-state index in [-0.39, 0.29) is 13.2 Å². The lowest BCUT2D eigenvalue weighted by atomic mass is 9.95. The van der Waals surface area contributed by atoms with Gasteiger partial charge in [0.05, 0.1) is 25.9 Å². The van der Waals surface area contributed by atoms with Gasteiger partial charge >= 0.3 is 11.9 Å². The summed E-state index contributed by atoms with van der Waals surface area (Å²) in [5, 5.41) is 2.79. The molecule has 0 bridgehead atoms. The number of rotatable bonds is 9. The Morgan fingerprint density at radius 3 is 1.94 bits per heavy atom. The van der Waals surface area contributed by atoms with Crippen molar-refractivity contribution in [2.75, 3.05) is 6.61 Å². The number of carbonyl (C=O) groups excluding carboxylic acids is 3. The molecular weight excluding hydrogens is 414 g/mol. The maximum atomic E-state index is 12.7. The van der Waals surface area contributed by atoms with E-state index in [2.05, 4.69) is 5.32 Å². The van der Waals surface area contributed by atoms with Crippen LogP contribution in [0.2, 0.25) is 0 Å². The maximum absolute atomic E-state index is 12.7. The first-order valence-corrected chi connectivity index (χ1v) is 10.4. The van der Waals surface area contributed by atoms with Crippen LogP contribution in [0.1, 0.15) is 25.0 Å². The zero-order valence-electron chi connectivity index (χ0n) is 18.1. The Labute approximate surface area is 186 Å². The van der Waals surface area contributed by atoms with Crippen molar-refractivity contribution in [1.29, 1.82) is 0 Å². The van der Waals surface area contributed by atoms with Crippen LogP contribution in [0.25, 0.3) is 0 Å². The Morgan fingerprint density at radius 2 is 1.38 bits per heavy atom. The molecule has 32 heavy (non-hydrogen) atoms. The average molecular weight is 441 g/mol. The summed E-state index contributed by atoms with van der Waals surface area (Å²) in [6, 6.07) is 18.4. The van der Waals surface area contributed by atoms with Crippen molar-refractivity contribution in [2.45, 2.75) is 51.4 Å². The molecule has 2 aromatic carbocycles. The van der Waals surface area contributed by atoms with Crippen LogP contribution in [-0.2, 0) is 46.5 Å². The average Bonchev–Trinajstić information content (AvgIpc) is 2.77. The van der Waals surface area contributed by atoms with Crippen molar-refractivity contribution in [3.8, 4) is 0 Å². The molecule has 1 saturated heterocycles. The minimum absolute atomic E-state index is 0.116. The fourth-order valence-corrected chi connectivity index (χ4v) is 3.51. The van der Waals surface area contributed by atoms with Gasteiger partial charge in [0.1, 0.15) is 6.10 Å². The summed E-state index contributed by atoms with van der Waals surface area (Å²) < 4.78 is 22.5. The van der Waals surface area contributed by atoms with Gasteiger partial charge in [0, 0.05) is 13.8 Å². The van der Waals surface area contributed by atoms with Gasteiger partial charge in [0.25, 0.3) is 5.91 Å². The molecule has 1 aliphatic rings. The van der Waals surface area contributed by atoms with Crippen molar-refractivity contribution < 1.29 is 33.3 Å². The number of hydrogen-bond donors (Lipinski definition) is 1. The van der Waals surface area contributed by atoms with Gasteiger partial charge in [0.15, 0.2) is 6.10 Å². The van der Waals surface area contributed by atoms with E-state index in [1.54, 1.807) is 0 Å². The number of amides is 1. The number of hydrogen-bond acceptors (Lipinski definition) is 7. The molecule has 4 atom stereocenters. The zero-order valence-corrected chi connectivity index (χ0v) is 18.1. The van der Waals surface area contributed by atoms with Gasteiger partial charge in [-0.2, -0.15) is 0 Å². The summed E-state index contributed by atoms with van der Waals surface area (Å²) in [5.41, 5.74) is 1.88. The molecule has 0 unspecified atom stereocenters. The number of ether oxygens (including phenoxy) is 4. The Balaban J connectivity index is 1.78. The van der Waals surface area contributed by atoms with Crippen LogP contribution in [-0.4, -0.2) is 48.8 Å². The van der Waals surface area contributed by atoms with Gasteiger partial charge in [-0.1, -0.05) is 60.7 Å².